The lowest BCUT2D eigenvalue weighted by Gasteiger charge is -2.34. The van der Waals surface area contributed by atoms with Crippen molar-refractivity contribution in [3.8, 4) is 5.75 Å². The Bertz CT molecular complexity index is 902. The van der Waals surface area contributed by atoms with Crippen LogP contribution in [0.4, 0.5) is 0 Å². The topological polar surface area (TPSA) is 72.9 Å². The summed E-state index contributed by atoms with van der Waals surface area (Å²) in [5.74, 6) is -0.215. The van der Waals surface area contributed by atoms with Gasteiger partial charge < -0.3 is 9.47 Å². The fourth-order valence-electron chi connectivity index (χ4n) is 2.91. The van der Waals surface area contributed by atoms with Crippen LogP contribution < -0.4 is 4.74 Å². The highest BCUT2D eigenvalue weighted by Crippen LogP contribution is 2.22. The van der Waals surface area contributed by atoms with Crippen molar-refractivity contribution in [3.63, 3.8) is 0 Å². The maximum atomic E-state index is 12.8. The molecule has 144 valence electrons. The second-order valence-electron chi connectivity index (χ2n) is 6.45. The zero-order chi connectivity index (χ0) is 19.6. The number of ether oxygens (including phenoxy) is 2. The molecule has 0 saturated carbocycles. The Morgan fingerprint density at radius 3 is 2.15 bits per heavy atom. The predicted octanol–water partition coefficient (Wildman–Crippen LogP) is 3.36. The summed E-state index contributed by atoms with van der Waals surface area (Å²) in [6, 6.07) is 12.1. The van der Waals surface area contributed by atoms with Crippen molar-refractivity contribution in [1.29, 1.82) is 0 Å². The maximum absolute atomic E-state index is 12.8. The van der Waals surface area contributed by atoms with Gasteiger partial charge in [0.25, 0.3) is 0 Å². The van der Waals surface area contributed by atoms with Crippen LogP contribution in [-0.2, 0) is 14.8 Å². The Morgan fingerprint density at radius 1 is 1.04 bits per heavy atom. The van der Waals surface area contributed by atoms with E-state index >= 15 is 0 Å². The van der Waals surface area contributed by atoms with Gasteiger partial charge in [-0.25, -0.2) is 13.2 Å². The van der Waals surface area contributed by atoms with Gasteiger partial charge in [0.1, 0.15) is 5.75 Å². The van der Waals surface area contributed by atoms with E-state index < -0.39 is 16.0 Å². The Hall–Kier alpha value is -1.93. The molecular weight excluding hydrogens is 390 g/mol. The first-order valence-corrected chi connectivity index (χ1v) is 10.3. The molecule has 0 N–H and O–H groups in total. The van der Waals surface area contributed by atoms with Gasteiger partial charge in [0.2, 0.25) is 10.0 Å². The van der Waals surface area contributed by atoms with Crippen molar-refractivity contribution in [2.75, 3.05) is 13.1 Å². The molecule has 1 fully saturated rings. The molecule has 8 heteroatoms. The molecule has 0 aliphatic carbocycles. The SMILES string of the molecule is CC1CN(S(=O)(=O)c2ccc(C(=O)Oc3ccc(Cl)cc3)cc2)CC(C)O1. The number of esters is 1. The fraction of sp³-hybridized carbons (Fsp3) is 0.316. The number of hydrogen-bond donors (Lipinski definition) is 0. The molecule has 0 spiro atoms. The molecule has 3 rings (SSSR count). The van der Waals surface area contributed by atoms with Gasteiger partial charge in [0.15, 0.2) is 0 Å². The third kappa shape index (κ3) is 4.68. The lowest BCUT2D eigenvalue weighted by atomic mass is 10.2. The van der Waals surface area contributed by atoms with Gasteiger partial charge in [-0.05, 0) is 62.4 Å². The van der Waals surface area contributed by atoms with Crippen molar-refractivity contribution in [3.05, 3.63) is 59.1 Å². The summed E-state index contributed by atoms with van der Waals surface area (Å²) in [5.41, 5.74) is 0.257. The first-order chi connectivity index (χ1) is 12.8. The van der Waals surface area contributed by atoms with E-state index in [1.165, 1.54) is 28.6 Å². The van der Waals surface area contributed by atoms with E-state index in [-0.39, 0.29) is 22.7 Å². The van der Waals surface area contributed by atoms with E-state index in [1.54, 1.807) is 24.3 Å². The van der Waals surface area contributed by atoms with Crippen LogP contribution in [0.2, 0.25) is 5.02 Å². The number of nitrogens with zero attached hydrogens (tertiary/aromatic N) is 1. The molecule has 1 aliphatic heterocycles. The molecule has 2 aromatic rings. The quantitative estimate of drug-likeness (QED) is 0.572. The van der Waals surface area contributed by atoms with Crippen LogP contribution in [0.3, 0.4) is 0 Å². The zero-order valence-electron chi connectivity index (χ0n) is 15.0. The molecule has 0 aromatic heterocycles. The lowest BCUT2D eigenvalue weighted by molar-refractivity contribution is -0.0440. The van der Waals surface area contributed by atoms with Gasteiger partial charge in [0, 0.05) is 18.1 Å². The summed E-state index contributed by atoms with van der Waals surface area (Å²) in [5, 5.41) is 0.538. The van der Waals surface area contributed by atoms with Crippen molar-refractivity contribution >= 4 is 27.6 Å². The summed E-state index contributed by atoms with van der Waals surface area (Å²) in [4.78, 5) is 12.3. The summed E-state index contributed by atoms with van der Waals surface area (Å²) >= 11 is 5.80. The second kappa shape index (κ2) is 7.98. The average molecular weight is 410 g/mol. The van der Waals surface area contributed by atoms with Crippen molar-refractivity contribution in [1.82, 2.24) is 4.31 Å². The normalized spacial score (nSPS) is 21.0. The average Bonchev–Trinajstić information content (AvgIpc) is 2.63. The molecule has 0 amide bonds. The highest BCUT2D eigenvalue weighted by molar-refractivity contribution is 7.89. The standard InChI is InChI=1S/C19H20ClNO5S/c1-13-11-21(12-14(2)25-13)27(23,24)18-9-3-15(4-10-18)19(22)26-17-7-5-16(20)6-8-17/h3-10,13-14H,11-12H2,1-2H3. The van der Waals surface area contributed by atoms with Crippen molar-refractivity contribution in [2.45, 2.75) is 31.0 Å². The third-order valence-corrected chi connectivity index (χ3v) is 6.24. The lowest BCUT2D eigenvalue weighted by Crippen LogP contribution is -2.48. The van der Waals surface area contributed by atoms with Crippen LogP contribution >= 0.6 is 11.6 Å². The van der Waals surface area contributed by atoms with Crippen LogP contribution in [-0.4, -0.2) is 44.0 Å². The van der Waals surface area contributed by atoms with Gasteiger partial charge in [-0.3, -0.25) is 0 Å². The molecule has 1 saturated heterocycles. The Morgan fingerprint density at radius 2 is 1.59 bits per heavy atom. The minimum absolute atomic E-state index is 0.131. The fourth-order valence-corrected chi connectivity index (χ4v) is 4.62. The second-order valence-corrected chi connectivity index (χ2v) is 8.82. The van der Waals surface area contributed by atoms with E-state index in [1.807, 2.05) is 13.8 Å². The maximum Gasteiger partial charge on any atom is 0.343 e. The molecule has 27 heavy (non-hydrogen) atoms. The molecule has 0 radical (unpaired) electrons. The smallest absolute Gasteiger partial charge is 0.343 e. The molecule has 2 unspecified atom stereocenters. The van der Waals surface area contributed by atoms with Crippen LogP contribution in [0.5, 0.6) is 5.75 Å². The predicted molar refractivity (Wildman–Crippen MR) is 102 cm³/mol. The van der Waals surface area contributed by atoms with Crippen LogP contribution in [0, 0.1) is 0 Å². The van der Waals surface area contributed by atoms with Crippen LogP contribution in [0.15, 0.2) is 53.4 Å². The Labute approximate surface area is 163 Å². The zero-order valence-corrected chi connectivity index (χ0v) is 16.5. The number of carbonyl (C=O) groups is 1. The van der Waals surface area contributed by atoms with E-state index in [9.17, 15) is 13.2 Å². The number of benzene rings is 2. The van der Waals surface area contributed by atoms with Gasteiger partial charge in [0.05, 0.1) is 22.7 Å². The molecule has 2 atom stereocenters. The molecule has 6 nitrogen and oxygen atoms in total. The first kappa shape index (κ1) is 19.8. The molecule has 0 bridgehead atoms. The summed E-state index contributed by atoms with van der Waals surface area (Å²) in [6.07, 6.45) is -0.339. The van der Waals surface area contributed by atoms with Gasteiger partial charge >= 0.3 is 5.97 Å². The number of hydrogen-bond acceptors (Lipinski definition) is 5. The molecule has 2 aromatic carbocycles. The number of rotatable bonds is 4. The molecule has 1 aliphatic rings. The highest BCUT2D eigenvalue weighted by atomic mass is 35.5. The van der Waals surface area contributed by atoms with Crippen LogP contribution in [0.25, 0.3) is 0 Å². The van der Waals surface area contributed by atoms with Crippen molar-refractivity contribution in [2.24, 2.45) is 0 Å². The molecule has 1 heterocycles. The van der Waals surface area contributed by atoms with Gasteiger partial charge in [-0.15, -0.1) is 0 Å². The first-order valence-electron chi connectivity index (χ1n) is 8.49. The number of sulfonamides is 1. The monoisotopic (exact) mass is 409 g/mol. The largest absolute Gasteiger partial charge is 0.423 e. The van der Waals surface area contributed by atoms with E-state index in [4.69, 9.17) is 21.1 Å². The Kier molecular flexibility index (Phi) is 5.86. The number of morpholine rings is 1. The van der Waals surface area contributed by atoms with Gasteiger partial charge in [-0.1, -0.05) is 11.6 Å². The number of carbonyl (C=O) groups excluding carboxylic acids is 1. The minimum Gasteiger partial charge on any atom is -0.423 e. The third-order valence-electron chi connectivity index (χ3n) is 4.14. The van der Waals surface area contributed by atoms with E-state index in [0.29, 0.717) is 23.9 Å². The van der Waals surface area contributed by atoms with Gasteiger partial charge in [-0.2, -0.15) is 4.31 Å². The van der Waals surface area contributed by atoms with E-state index in [0.717, 1.165) is 0 Å². The van der Waals surface area contributed by atoms with E-state index in [2.05, 4.69) is 0 Å². The minimum atomic E-state index is -3.65. The molecular formula is C19H20ClNO5S. The van der Waals surface area contributed by atoms with Crippen molar-refractivity contribution < 1.29 is 22.7 Å². The summed E-state index contributed by atoms with van der Waals surface area (Å²) < 4.78 is 37.9. The summed E-state index contributed by atoms with van der Waals surface area (Å²) in [7, 11) is -3.65. The number of halogens is 1. The highest BCUT2D eigenvalue weighted by Gasteiger charge is 2.32. The van der Waals surface area contributed by atoms with Crippen LogP contribution in [0.1, 0.15) is 24.2 Å². The summed E-state index contributed by atoms with van der Waals surface area (Å²) in [6.45, 7) is 4.28. The Balaban J connectivity index is 1.74.